The van der Waals surface area contributed by atoms with Crippen LogP contribution in [0.5, 0.6) is 0 Å². The Labute approximate surface area is 117 Å². The minimum atomic E-state index is -0.746. The molecule has 0 amide bonds. The summed E-state index contributed by atoms with van der Waals surface area (Å²) < 4.78 is 5.06. The molecule has 20 heavy (non-hydrogen) atoms. The highest BCUT2D eigenvalue weighted by Crippen LogP contribution is 2.15. The van der Waals surface area contributed by atoms with Crippen LogP contribution >= 0.6 is 0 Å². The summed E-state index contributed by atoms with van der Waals surface area (Å²) in [5, 5.41) is 0. The topological polar surface area (TPSA) is 69.2 Å². The van der Waals surface area contributed by atoms with Crippen LogP contribution in [0.4, 0.5) is 0 Å². The minimum Gasteiger partial charge on any atom is -0.451 e. The Kier molecular flexibility index (Phi) is 3.79. The maximum absolute atomic E-state index is 11.9. The third-order valence-corrected chi connectivity index (χ3v) is 3.17. The number of carbonyl (C=O) groups is 2. The van der Waals surface area contributed by atoms with Gasteiger partial charge in [0.25, 0.3) is 0 Å². The number of carbonyl (C=O) groups excluding carboxylic acids is 2. The van der Waals surface area contributed by atoms with E-state index in [-0.39, 0.29) is 5.78 Å². The molecule has 0 radical (unpaired) electrons. The predicted octanol–water partition coefficient (Wildman–Crippen LogP) is 2.38. The Bertz CT molecular complexity index is 695. The van der Waals surface area contributed by atoms with Crippen LogP contribution in [-0.4, -0.2) is 27.8 Å². The smallest absolute Gasteiger partial charge is 0.338 e. The van der Waals surface area contributed by atoms with E-state index in [1.165, 1.54) is 6.92 Å². The molecule has 1 unspecified atom stereocenters. The number of Topliss-reactive ketones (excluding diaryl/α,β-unsaturated/α-hetero) is 1. The van der Waals surface area contributed by atoms with Gasteiger partial charge in [0, 0.05) is 0 Å². The van der Waals surface area contributed by atoms with Crippen LogP contribution in [0.25, 0.3) is 11.0 Å². The van der Waals surface area contributed by atoms with E-state index in [0.717, 1.165) is 16.9 Å². The normalized spacial score (nSPS) is 12.2. The zero-order valence-corrected chi connectivity index (χ0v) is 11.9. The van der Waals surface area contributed by atoms with Crippen molar-refractivity contribution in [2.24, 2.45) is 0 Å². The zero-order chi connectivity index (χ0) is 14.9. The Hall–Kier alpha value is -2.30. The number of hydrogen-bond acceptors (Lipinski definition) is 5. The van der Waals surface area contributed by atoms with Crippen molar-refractivity contribution in [1.82, 2.24) is 9.97 Å². The largest absolute Gasteiger partial charge is 0.451 e. The molecule has 0 bridgehead atoms. The van der Waals surface area contributed by atoms with Crippen molar-refractivity contribution >= 4 is 22.8 Å². The molecule has 0 aliphatic carbocycles. The molecule has 5 nitrogen and oxygen atoms in total. The minimum absolute atomic E-state index is 0.189. The predicted molar refractivity (Wildman–Crippen MR) is 74.6 cm³/mol. The molecule has 2 rings (SSSR count). The standard InChI is InChI=1S/C15H16N2O3/c1-8-9(2)17-14-7-12(5-6-13(14)16-8)15(19)20-11(4)10(3)18/h5-7,11H,1-4H3. The van der Waals surface area contributed by atoms with E-state index in [2.05, 4.69) is 9.97 Å². The number of ketones is 1. The highest BCUT2D eigenvalue weighted by atomic mass is 16.5. The van der Waals surface area contributed by atoms with E-state index in [1.54, 1.807) is 25.1 Å². The van der Waals surface area contributed by atoms with Gasteiger partial charge in [0.05, 0.1) is 28.0 Å². The first-order valence-electron chi connectivity index (χ1n) is 6.35. The van der Waals surface area contributed by atoms with Crippen molar-refractivity contribution in [3.8, 4) is 0 Å². The molecule has 0 aliphatic rings. The first-order chi connectivity index (χ1) is 9.38. The number of esters is 1. The van der Waals surface area contributed by atoms with E-state index in [0.29, 0.717) is 11.1 Å². The monoisotopic (exact) mass is 272 g/mol. The fourth-order valence-corrected chi connectivity index (χ4v) is 1.67. The Morgan fingerprint density at radius 2 is 1.70 bits per heavy atom. The number of ether oxygens (including phenoxy) is 1. The summed E-state index contributed by atoms with van der Waals surface area (Å²) in [6.07, 6.45) is -0.746. The van der Waals surface area contributed by atoms with Gasteiger partial charge >= 0.3 is 5.97 Å². The van der Waals surface area contributed by atoms with E-state index in [1.807, 2.05) is 13.8 Å². The summed E-state index contributed by atoms with van der Waals surface area (Å²) in [5.74, 6) is -0.722. The Balaban J connectivity index is 2.34. The quantitative estimate of drug-likeness (QED) is 0.802. The highest BCUT2D eigenvalue weighted by molar-refractivity contribution is 5.95. The lowest BCUT2D eigenvalue weighted by molar-refractivity contribution is -0.124. The van der Waals surface area contributed by atoms with Crippen LogP contribution in [0.1, 0.15) is 35.6 Å². The zero-order valence-electron chi connectivity index (χ0n) is 11.9. The molecule has 1 aromatic carbocycles. The average Bonchev–Trinajstić information content (AvgIpc) is 2.39. The summed E-state index contributed by atoms with van der Waals surface area (Å²) in [6, 6.07) is 4.98. The van der Waals surface area contributed by atoms with Gasteiger partial charge in [-0.15, -0.1) is 0 Å². The first-order valence-corrected chi connectivity index (χ1v) is 6.35. The van der Waals surface area contributed by atoms with E-state index in [9.17, 15) is 9.59 Å². The Morgan fingerprint density at radius 1 is 1.10 bits per heavy atom. The molecule has 0 saturated heterocycles. The third-order valence-electron chi connectivity index (χ3n) is 3.17. The number of aryl methyl sites for hydroxylation is 2. The summed E-state index contributed by atoms with van der Waals surface area (Å²) in [4.78, 5) is 31.8. The average molecular weight is 272 g/mol. The van der Waals surface area contributed by atoms with Gasteiger partial charge in [0.2, 0.25) is 0 Å². The second kappa shape index (κ2) is 5.36. The first kappa shape index (κ1) is 14.1. The number of aromatic nitrogens is 2. The molecule has 0 fully saturated rings. The van der Waals surface area contributed by atoms with E-state index >= 15 is 0 Å². The lowest BCUT2D eigenvalue weighted by Crippen LogP contribution is -2.21. The number of benzene rings is 1. The molecule has 104 valence electrons. The number of hydrogen-bond donors (Lipinski definition) is 0. The fraction of sp³-hybridized carbons (Fsp3) is 0.333. The summed E-state index contributed by atoms with van der Waals surface area (Å²) in [6.45, 7) is 6.69. The fourth-order valence-electron chi connectivity index (χ4n) is 1.67. The van der Waals surface area contributed by atoms with Crippen molar-refractivity contribution in [3.05, 3.63) is 35.2 Å². The lowest BCUT2D eigenvalue weighted by atomic mass is 10.2. The van der Waals surface area contributed by atoms with Gasteiger partial charge in [-0.05, 0) is 45.9 Å². The molecule has 0 N–H and O–H groups in total. The van der Waals surface area contributed by atoms with Gasteiger partial charge in [-0.3, -0.25) is 4.79 Å². The third kappa shape index (κ3) is 2.82. The summed E-state index contributed by atoms with van der Waals surface area (Å²) in [7, 11) is 0. The molecule has 2 aromatic rings. The highest BCUT2D eigenvalue weighted by Gasteiger charge is 2.16. The van der Waals surface area contributed by atoms with Crippen LogP contribution < -0.4 is 0 Å². The molecule has 5 heteroatoms. The maximum atomic E-state index is 11.9. The second-order valence-electron chi connectivity index (χ2n) is 4.76. The van der Waals surface area contributed by atoms with Gasteiger partial charge in [-0.25, -0.2) is 14.8 Å². The van der Waals surface area contributed by atoms with Crippen LogP contribution in [0.15, 0.2) is 18.2 Å². The van der Waals surface area contributed by atoms with Gasteiger partial charge in [0.15, 0.2) is 11.9 Å². The molecule has 0 saturated carbocycles. The van der Waals surface area contributed by atoms with Crippen LogP contribution in [0.3, 0.4) is 0 Å². The van der Waals surface area contributed by atoms with Gasteiger partial charge in [-0.1, -0.05) is 0 Å². The van der Waals surface area contributed by atoms with Gasteiger partial charge in [-0.2, -0.15) is 0 Å². The molecular weight excluding hydrogens is 256 g/mol. The molecular formula is C15H16N2O3. The van der Waals surface area contributed by atoms with Gasteiger partial charge < -0.3 is 4.74 Å². The molecule has 0 aliphatic heterocycles. The van der Waals surface area contributed by atoms with Crippen LogP contribution in [0, 0.1) is 13.8 Å². The molecule has 1 heterocycles. The van der Waals surface area contributed by atoms with Crippen molar-refractivity contribution in [3.63, 3.8) is 0 Å². The lowest BCUT2D eigenvalue weighted by Gasteiger charge is -2.10. The van der Waals surface area contributed by atoms with E-state index in [4.69, 9.17) is 4.74 Å². The van der Waals surface area contributed by atoms with Crippen LogP contribution in [-0.2, 0) is 9.53 Å². The molecule has 0 spiro atoms. The molecule has 1 aromatic heterocycles. The van der Waals surface area contributed by atoms with Crippen molar-refractivity contribution in [2.75, 3.05) is 0 Å². The van der Waals surface area contributed by atoms with E-state index < -0.39 is 12.1 Å². The number of fused-ring (bicyclic) bond motifs is 1. The van der Waals surface area contributed by atoms with Crippen LogP contribution in [0.2, 0.25) is 0 Å². The number of rotatable bonds is 3. The van der Waals surface area contributed by atoms with Gasteiger partial charge in [0.1, 0.15) is 0 Å². The van der Waals surface area contributed by atoms with Crippen molar-refractivity contribution < 1.29 is 14.3 Å². The van der Waals surface area contributed by atoms with Crippen molar-refractivity contribution in [2.45, 2.75) is 33.8 Å². The summed E-state index contributed by atoms with van der Waals surface area (Å²) >= 11 is 0. The maximum Gasteiger partial charge on any atom is 0.338 e. The van der Waals surface area contributed by atoms with Crippen molar-refractivity contribution in [1.29, 1.82) is 0 Å². The number of nitrogens with zero attached hydrogens (tertiary/aromatic N) is 2. The Morgan fingerprint density at radius 3 is 2.30 bits per heavy atom. The molecule has 1 atom stereocenters. The SMILES string of the molecule is CC(=O)C(C)OC(=O)c1ccc2nc(C)c(C)nc2c1. The summed E-state index contributed by atoms with van der Waals surface area (Å²) in [5.41, 5.74) is 3.41. The second-order valence-corrected chi connectivity index (χ2v) is 4.76.